The zero-order chi connectivity index (χ0) is 16.6. The summed E-state index contributed by atoms with van der Waals surface area (Å²) in [7, 11) is 3.60. The lowest BCUT2D eigenvalue weighted by Crippen LogP contribution is -2.36. The molecule has 124 valence electrons. The molecule has 0 spiro atoms. The maximum Gasteiger partial charge on any atom is 0.276 e. The van der Waals surface area contributed by atoms with E-state index in [9.17, 15) is 4.79 Å². The average molecular weight is 356 g/mol. The van der Waals surface area contributed by atoms with Crippen LogP contribution in [-0.4, -0.2) is 36.9 Å². The molecule has 6 nitrogen and oxygen atoms in total. The van der Waals surface area contributed by atoms with Crippen LogP contribution in [0.4, 0.5) is 0 Å². The van der Waals surface area contributed by atoms with E-state index in [1.165, 1.54) is 0 Å². The maximum atomic E-state index is 13.0. The fraction of sp³-hybridized carbons (Fsp3) is 0.533. The summed E-state index contributed by atoms with van der Waals surface area (Å²) >= 11 is 12.5. The van der Waals surface area contributed by atoms with Gasteiger partial charge in [-0.05, 0) is 12.8 Å². The van der Waals surface area contributed by atoms with Crippen molar-refractivity contribution >= 4 is 29.1 Å². The monoisotopic (exact) mass is 355 g/mol. The first kappa shape index (κ1) is 16.3. The van der Waals surface area contributed by atoms with E-state index in [1.807, 2.05) is 11.9 Å². The van der Waals surface area contributed by atoms with Crippen molar-refractivity contribution in [1.82, 2.24) is 24.5 Å². The molecule has 1 saturated heterocycles. The molecular formula is C15H19Cl2N5O. The topological polar surface area (TPSA) is 56.0 Å². The van der Waals surface area contributed by atoms with Crippen LogP contribution in [0.25, 0.3) is 0 Å². The fourth-order valence-corrected chi connectivity index (χ4v) is 3.72. The zero-order valence-electron chi connectivity index (χ0n) is 13.2. The Morgan fingerprint density at radius 1 is 1.22 bits per heavy atom. The number of rotatable bonds is 2. The minimum Gasteiger partial charge on any atom is -0.329 e. The number of aryl methyl sites for hydroxylation is 2. The van der Waals surface area contributed by atoms with Crippen LogP contribution < -0.4 is 0 Å². The molecule has 1 fully saturated rings. The number of nitrogens with zero attached hydrogens (tertiary/aromatic N) is 5. The molecule has 0 saturated carbocycles. The molecule has 0 N–H and O–H groups in total. The van der Waals surface area contributed by atoms with Gasteiger partial charge < -0.3 is 4.90 Å². The molecule has 8 heteroatoms. The van der Waals surface area contributed by atoms with Gasteiger partial charge in [0.15, 0.2) is 5.69 Å². The van der Waals surface area contributed by atoms with Crippen molar-refractivity contribution in [2.75, 3.05) is 6.54 Å². The zero-order valence-corrected chi connectivity index (χ0v) is 14.7. The number of aromatic nitrogens is 4. The van der Waals surface area contributed by atoms with Crippen molar-refractivity contribution in [1.29, 1.82) is 0 Å². The van der Waals surface area contributed by atoms with Crippen molar-refractivity contribution in [2.24, 2.45) is 14.1 Å². The quantitative estimate of drug-likeness (QED) is 0.830. The van der Waals surface area contributed by atoms with E-state index in [4.69, 9.17) is 23.2 Å². The molecule has 3 heterocycles. The lowest BCUT2D eigenvalue weighted by Gasteiger charge is -2.30. The van der Waals surface area contributed by atoms with Gasteiger partial charge in [-0.1, -0.05) is 36.0 Å². The van der Waals surface area contributed by atoms with Crippen molar-refractivity contribution in [3.8, 4) is 0 Å². The van der Waals surface area contributed by atoms with Crippen LogP contribution in [0.5, 0.6) is 0 Å². The second-order valence-corrected chi connectivity index (χ2v) is 6.68. The number of hydrogen-bond acceptors (Lipinski definition) is 3. The highest BCUT2D eigenvalue weighted by Gasteiger charge is 2.33. The number of carbonyl (C=O) groups is 1. The first-order chi connectivity index (χ1) is 11.0. The number of halogens is 2. The lowest BCUT2D eigenvalue weighted by molar-refractivity contribution is 0.0667. The Hall–Kier alpha value is -1.53. The molecule has 23 heavy (non-hydrogen) atoms. The summed E-state index contributed by atoms with van der Waals surface area (Å²) < 4.78 is 3.30. The molecule has 1 amide bonds. The van der Waals surface area contributed by atoms with Crippen LogP contribution in [-0.2, 0) is 14.1 Å². The van der Waals surface area contributed by atoms with Crippen LogP contribution in [0.1, 0.15) is 47.9 Å². The van der Waals surface area contributed by atoms with Gasteiger partial charge in [0.2, 0.25) is 0 Å². The van der Waals surface area contributed by atoms with Gasteiger partial charge in [0.1, 0.15) is 0 Å². The Balaban J connectivity index is 1.99. The van der Waals surface area contributed by atoms with Gasteiger partial charge in [0.25, 0.3) is 5.91 Å². The van der Waals surface area contributed by atoms with Crippen molar-refractivity contribution < 1.29 is 4.79 Å². The summed E-state index contributed by atoms with van der Waals surface area (Å²) in [5.41, 5.74) is 1.16. The third-order valence-electron chi connectivity index (χ3n) is 4.25. The Labute approximate surface area is 145 Å². The van der Waals surface area contributed by atoms with E-state index in [2.05, 4.69) is 10.2 Å². The Bertz CT molecular complexity index is 704. The van der Waals surface area contributed by atoms with Crippen molar-refractivity contribution in [3.05, 3.63) is 33.8 Å². The molecule has 2 aromatic heterocycles. The summed E-state index contributed by atoms with van der Waals surface area (Å²) in [6.07, 6.45) is 7.21. The highest BCUT2D eigenvalue weighted by molar-refractivity contribution is 6.33. The van der Waals surface area contributed by atoms with E-state index in [0.717, 1.165) is 31.4 Å². The molecular weight excluding hydrogens is 337 g/mol. The van der Waals surface area contributed by atoms with Gasteiger partial charge in [0.05, 0.1) is 28.0 Å². The lowest BCUT2D eigenvalue weighted by atomic mass is 10.1. The van der Waals surface area contributed by atoms with Crippen molar-refractivity contribution in [3.63, 3.8) is 0 Å². The van der Waals surface area contributed by atoms with E-state index in [1.54, 1.807) is 28.8 Å². The molecule has 0 unspecified atom stereocenters. The minimum absolute atomic E-state index is 0.108. The van der Waals surface area contributed by atoms with E-state index >= 15 is 0 Å². The van der Waals surface area contributed by atoms with Crippen molar-refractivity contribution in [2.45, 2.75) is 31.7 Å². The fourth-order valence-electron chi connectivity index (χ4n) is 3.17. The van der Waals surface area contributed by atoms with E-state index in [-0.39, 0.29) is 11.9 Å². The van der Waals surface area contributed by atoms with Crippen LogP contribution in [0.2, 0.25) is 10.0 Å². The molecule has 2 aromatic rings. The van der Waals surface area contributed by atoms with E-state index < -0.39 is 0 Å². The molecule has 1 aliphatic heterocycles. The van der Waals surface area contributed by atoms with Crippen LogP contribution in [0, 0.1) is 0 Å². The third-order valence-corrected chi connectivity index (χ3v) is 4.82. The van der Waals surface area contributed by atoms with Gasteiger partial charge in [-0.25, -0.2) is 0 Å². The van der Waals surface area contributed by atoms with Gasteiger partial charge in [-0.2, -0.15) is 10.2 Å². The van der Waals surface area contributed by atoms with Gasteiger partial charge >= 0.3 is 0 Å². The third kappa shape index (κ3) is 3.10. The normalized spacial score (nSPS) is 19.0. The predicted molar refractivity (Wildman–Crippen MR) is 88.7 cm³/mol. The van der Waals surface area contributed by atoms with Gasteiger partial charge in [0, 0.05) is 26.8 Å². The summed E-state index contributed by atoms with van der Waals surface area (Å²) in [4.78, 5) is 14.8. The standard InChI is InChI=1S/C15H19Cl2N5O/c1-20-9-11(17)13(19-20)15(23)22-7-5-3-4-6-12(22)14-10(16)8-18-21(14)2/h8-9,12H,3-7H2,1-2H3/t12-/m0/s1. The summed E-state index contributed by atoms with van der Waals surface area (Å²) in [6.45, 7) is 0.665. The number of hydrogen-bond donors (Lipinski definition) is 0. The van der Waals surface area contributed by atoms with Crippen LogP contribution in [0.15, 0.2) is 12.4 Å². The summed E-state index contributed by atoms with van der Waals surface area (Å²) in [5.74, 6) is -0.153. The van der Waals surface area contributed by atoms with Crippen LogP contribution in [0.3, 0.4) is 0 Å². The summed E-state index contributed by atoms with van der Waals surface area (Å²) in [6, 6.07) is -0.108. The predicted octanol–water partition coefficient (Wildman–Crippen LogP) is 3.22. The van der Waals surface area contributed by atoms with E-state index in [0.29, 0.717) is 22.3 Å². The number of carbonyl (C=O) groups excluding carboxylic acids is 1. The first-order valence-corrected chi connectivity index (χ1v) is 8.42. The minimum atomic E-state index is -0.153. The Kier molecular flexibility index (Phi) is 4.64. The number of amides is 1. The SMILES string of the molecule is Cn1cc(Cl)c(C(=O)N2CCCCC[C@H]2c2c(Cl)cnn2C)n1. The molecule has 0 bridgehead atoms. The van der Waals surface area contributed by atoms with Gasteiger partial charge in [-0.15, -0.1) is 0 Å². The maximum absolute atomic E-state index is 13.0. The molecule has 0 aliphatic carbocycles. The summed E-state index contributed by atoms with van der Waals surface area (Å²) in [5, 5.41) is 9.38. The largest absolute Gasteiger partial charge is 0.329 e. The highest BCUT2D eigenvalue weighted by Crippen LogP contribution is 2.35. The molecule has 1 aliphatic rings. The molecule has 3 rings (SSSR count). The highest BCUT2D eigenvalue weighted by atomic mass is 35.5. The molecule has 0 aromatic carbocycles. The average Bonchev–Trinajstić information content (AvgIpc) is 2.91. The van der Waals surface area contributed by atoms with Gasteiger partial charge in [-0.3, -0.25) is 14.2 Å². The second-order valence-electron chi connectivity index (χ2n) is 5.86. The Morgan fingerprint density at radius 2 is 2.00 bits per heavy atom. The molecule has 0 radical (unpaired) electrons. The number of likely N-dealkylation sites (tertiary alicyclic amines) is 1. The molecule has 1 atom stereocenters. The second kappa shape index (κ2) is 6.53. The smallest absolute Gasteiger partial charge is 0.276 e. The first-order valence-electron chi connectivity index (χ1n) is 7.66. The van der Waals surface area contributed by atoms with Crippen LogP contribution >= 0.6 is 23.2 Å². The Morgan fingerprint density at radius 3 is 2.61 bits per heavy atom.